The van der Waals surface area contributed by atoms with Crippen molar-refractivity contribution in [1.29, 1.82) is 5.26 Å². The van der Waals surface area contributed by atoms with Crippen molar-refractivity contribution in [1.82, 2.24) is 5.32 Å². The number of nitro groups is 1. The van der Waals surface area contributed by atoms with Crippen molar-refractivity contribution in [3.8, 4) is 6.07 Å². The maximum absolute atomic E-state index is 11.8. The van der Waals surface area contributed by atoms with E-state index >= 15 is 0 Å². The Bertz CT molecular complexity index is 592. The third-order valence-electron chi connectivity index (χ3n) is 2.38. The normalized spacial score (nSPS) is 10.6. The Morgan fingerprint density at radius 2 is 2.33 bits per heavy atom. The predicted octanol–water partition coefficient (Wildman–Crippen LogP) is 1.18. The van der Waals surface area contributed by atoms with Gasteiger partial charge in [0.15, 0.2) is 0 Å². The summed E-state index contributed by atoms with van der Waals surface area (Å²) < 4.78 is 4.81. The molecular formula is C13H14N4O4. The van der Waals surface area contributed by atoms with Gasteiger partial charge in [0.05, 0.1) is 11.5 Å². The number of anilines is 1. The Labute approximate surface area is 121 Å². The van der Waals surface area contributed by atoms with Gasteiger partial charge in [-0.05, 0) is 6.07 Å². The molecule has 0 bridgehead atoms. The number of nitrogens with one attached hydrogen (secondary N) is 2. The Morgan fingerprint density at radius 3 is 2.95 bits per heavy atom. The molecule has 0 fully saturated rings. The first kappa shape index (κ1) is 16.1. The summed E-state index contributed by atoms with van der Waals surface area (Å²) in [5.74, 6) is -0.650. The summed E-state index contributed by atoms with van der Waals surface area (Å²) in [6.45, 7) is 0.882. The van der Waals surface area contributed by atoms with Crippen LogP contribution in [0, 0.1) is 21.4 Å². The van der Waals surface area contributed by atoms with Crippen LogP contribution in [0.4, 0.5) is 11.4 Å². The van der Waals surface area contributed by atoms with Crippen LogP contribution in [0.2, 0.25) is 0 Å². The van der Waals surface area contributed by atoms with Crippen molar-refractivity contribution in [3.63, 3.8) is 0 Å². The SMILES string of the molecule is COCCN/C=C(/C#N)C(=O)Nc1cccc([N+](=O)[O-])c1. The first-order valence-electron chi connectivity index (χ1n) is 5.97. The Balaban J connectivity index is 2.72. The number of amides is 1. The molecule has 8 heteroatoms. The molecule has 1 rings (SSSR count). The lowest BCUT2D eigenvalue weighted by atomic mass is 10.2. The summed E-state index contributed by atoms with van der Waals surface area (Å²) >= 11 is 0. The molecule has 21 heavy (non-hydrogen) atoms. The van der Waals surface area contributed by atoms with E-state index in [1.54, 1.807) is 6.07 Å². The van der Waals surface area contributed by atoms with Gasteiger partial charge in [0.1, 0.15) is 11.6 Å². The number of rotatable bonds is 7. The molecule has 0 radical (unpaired) electrons. The van der Waals surface area contributed by atoms with Crippen molar-refractivity contribution in [2.24, 2.45) is 0 Å². The van der Waals surface area contributed by atoms with E-state index in [2.05, 4.69) is 10.6 Å². The highest BCUT2D eigenvalue weighted by Gasteiger charge is 2.11. The van der Waals surface area contributed by atoms with E-state index in [9.17, 15) is 14.9 Å². The zero-order chi connectivity index (χ0) is 15.7. The fourth-order valence-electron chi connectivity index (χ4n) is 1.38. The van der Waals surface area contributed by atoms with Crippen molar-refractivity contribution in [2.75, 3.05) is 25.6 Å². The zero-order valence-electron chi connectivity index (χ0n) is 11.3. The number of non-ortho nitro benzene ring substituents is 1. The number of nitro benzene ring substituents is 1. The van der Waals surface area contributed by atoms with Crippen molar-refractivity contribution >= 4 is 17.3 Å². The number of ether oxygens (including phenoxy) is 1. The second-order valence-corrected chi connectivity index (χ2v) is 3.88. The van der Waals surface area contributed by atoms with Gasteiger partial charge in [-0.25, -0.2) is 0 Å². The van der Waals surface area contributed by atoms with E-state index in [1.165, 1.54) is 37.6 Å². The second kappa shape index (κ2) is 8.29. The Morgan fingerprint density at radius 1 is 1.57 bits per heavy atom. The molecule has 0 aromatic heterocycles. The van der Waals surface area contributed by atoms with Gasteiger partial charge < -0.3 is 15.4 Å². The highest BCUT2D eigenvalue weighted by Crippen LogP contribution is 2.17. The van der Waals surface area contributed by atoms with Crippen LogP contribution in [-0.4, -0.2) is 31.1 Å². The van der Waals surface area contributed by atoms with Crippen LogP contribution in [0.3, 0.4) is 0 Å². The third kappa shape index (κ3) is 5.30. The van der Waals surface area contributed by atoms with E-state index in [0.717, 1.165) is 0 Å². The molecule has 1 aromatic rings. The fraction of sp³-hybridized carbons (Fsp3) is 0.231. The van der Waals surface area contributed by atoms with Crippen LogP contribution in [0.5, 0.6) is 0 Å². The highest BCUT2D eigenvalue weighted by molar-refractivity contribution is 6.06. The quantitative estimate of drug-likeness (QED) is 0.256. The van der Waals surface area contributed by atoms with Crippen LogP contribution >= 0.6 is 0 Å². The molecule has 0 aliphatic rings. The van der Waals surface area contributed by atoms with E-state index in [0.29, 0.717) is 13.2 Å². The minimum Gasteiger partial charge on any atom is -0.387 e. The number of carbonyl (C=O) groups is 1. The smallest absolute Gasteiger partial charge is 0.271 e. The maximum Gasteiger partial charge on any atom is 0.271 e. The molecule has 110 valence electrons. The molecule has 0 atom stereocenters. The van der Waals surface area contributed by atoms with Gasteiger partial charge in [-0.15, -0.1) is 0 Å². The molecule has 2 N–H and O–H groups in total. The monoisotopic (exact) mass is 290 g/mol. The van der Waals surface area contributed by atoms with Gasteiger partial charge >= 0.3 is 0 Å². The molecule has 0 saturated heterocycles. The minimum atomic E-state index is -0.650. The summed E-state index contributed by atoms with van der Waals surface area (Å²) in [6.07, 6.45) is 1.27. The molecular weight excluding hydrogens is 276 g/mol. The van der Waals surface area contributed by atoms with Gasteiger partial charge in [0, 0.05) is 37.7 Å². The van der Waals surface area contributed by atoms with Crippen LogP contribution in [0.1, 0.15) is 0 Å². The number of hydrogen-bond donors (Lipinski definition) is 2. The van der Waals surface area contributed by atoms with E-state index in [1.807, 2.05) is 0 Å². The number of hydrogen-bond acceptors (Lipinski definition) is 6. The van der Waals surface area contributed by atoms with Crippen LogP contribution in [-0.2, 0) is 9.53 Å². The Kier molecular flexibility index (Phi) is 6.37. The summed E-state index contributed by atoms with van der Waals surface area (Å²) in [5, 5.41) is 24.7. The lowest BCUT2D eigenvalue weighted by Crippen LogP contribution is -2.18. The second-order valence-electron chi connectivity index (χ2n) is 3.88. The van der Waals surface area contributed by atoms with Gasteiger partial charge in [0.2, 0.25) is 0 Å². The van der Waals surface area contributed by atoms with Gasteiger partial charge in [-0.3, -0.25) is 14.9 Å². The summed E-state index contributed by atoms with van der Waals surface area (Å²) in [6, 6.07) is 7.21. The van der Waals surface area contributed by atoms with Crippen molar-refractivity contribution in [2.45, 2.75) is 0 Å². The van der Waals surface area contributed by atoms with Gasteiger partial charge in [0.25, 0.3) is 11.6 Å². The van der Waals surface area contributed by atoms with Crippen LogP contribution in [0.15, 0.2) is 36.0 Å². The number of nitrogens with zero attached hydrogens (tertiary/aromatic N) is 2. The number of nitriles is 1. The lowest BCUT2D eigenvalue weighted by Gasteiger charge is -2.05. The average molecular weight is 290 g/mol. The zero-order valence-corrected chi connectivity index (χ0v) is 11.3. The first-order valence-corrected chi connectivity index (χ1v) is 5.97. The Hall–Kier alpha value is -2.92. The number of carbonyl (C=O) groups excluding carboxylic acids is 1. The first-order chi connectivity index (χ1) is 10.1. The standard InChI is InChI=1S/C13H14N4O4/c1-21-6-5-15-9-10(8-14)13(18)16-11-3-2-4-12(7-11)17(19)20/h2-4,7,9,15H,5-6H2,1H3,(H,16,18)/b10-9-. The van der Waals surface area contributed by atoms with E-state index in [-0.39, 0.29) is 16.9 Å². The largest absolute Gasteiger partial charge is 0.387 e. The average Bonchev–Trinajstić information content (AvgIpc) is 2.47. The molecule has 1 amide bonds. The maximum atomic E-state index is 11.8. The summed E-state index contributed by atoms with van der Waals surface area (Å²) in [5.41, 5.74) is -0.0432. The van der Waals surface area contributed by atoms with E-state index < -0.39 is 10.8 Å². The topological polar surface area (TPSA) is 117 Å². The van der Waals surface area contributed by atoms with Crippen LogP contribution in [0.25, 0.3) is 0 Å². The molecule has 0 aliphatic carbocycles. The molecule has 8 nitrogen and oxygen atoms in total. The van der Waals surface area contributed by atoms with Gasteiger partial charge in [-0.2, -0.15) is 5.26 Å². The molecule has 1 aromatic carbocycles. The number of benzene rings is 1. The predicted molar refractivity (Wildman–Crippen MR) is 75.3 cm³/mol. The minimum absolute atomic E-state index is 0.141. The van der Waals surface area contributed by atoms with Crippen LogP contribution < -0.4 is 10.6 Å². The molecule has 0 heterocycles. The fourth-order valence-corrected chi connectivity index (χ4v) is 1.38. The van der Waals surface area contributed by atoms with E-state index in [4.69, 9.17) is 10.00 Å². The molecule has 0 spiro atoms. The lowest BCUT2D eigenvalue weighted by molar-refractivity contribution is -0.384. The molecule has 0 aliphatic heterocycles. The van der Waals surface area contributed by atoms with Gasteiger partial charge in [-0.1, -0.05) is 6.07 Å². The summed E-state index contributed by atoms with van der Waals surface area (Å²) in [7, 11) is 1.53. The summed E-state index contributed by atoms with van der Waals surface area (Å²) in [4.78, 5) is 21.9. The number of methoxy groups -OCH3 is 1. The molecule has 0 saturated carbocycles. The third-order valence-corrected chi connectivity index (χ3v) is 2.38. The van der Waals surface area contributed by atoms with Crippen molar-refractivity contribution in [3.05, 3.63) is 46.2 Å². The molecule has 0 unspecified atom stereocenters. The van der Waals surface area contributed by atoms with Crippen molar-refractivity contribution < 1.29 is 14.5 Å². The highest BCUT2D eigenvalue weighted by atomic mass is 16.6.